The lowest BCUT2D eigenvalue weighted by atomic mass is 9.84. The van der Waals surface area contributed by atoms with Gasteiger partial charge in [-0.3, -0.25) is 0 Å². The molecule has 1 aromatic carbocycles. The molecular weight excluding hydrogens is 262 g/mol. The van der Waals surface area contributed by atoms with Crippen LogP contribution < -0.4 is 5.73 Å². The minimum absolute atomic E-state index is 0.203. The summed E-state index contributed by atoms with van der Waals surface area (Å²) in [6.45, 7) is 4.40. The third kappa shape index (κ3) is 4.26. The van der Waals surface area contributed by atoms with Crippen LogP contribution in [0.2, 0.25) is 0 Å². The van der Waals surface area contributed by atoms with Gasteiger partial charge in [-0.25, -0.2) is 9.97 Å². The van der Waals surface area contributed by atoms with Crippen LogP contribution in [0.15, 0.2) is 36.5 Å². The fourth-order valence-corrected chi connectivity index (χ4v) is 2.70. The summed E-state index contributed by atoms with van der Waals surface area (Å²) < 4.78 is 0. The molecule has 0 radical (unpaired) electrons. The molecule has 21 heavy (non-hydrogen) atoms. The lowest BCUT2D eigenvalue weighted by Crippen LogP contribution is -2.13. The molecule has 2 atom stereocenters. The monoisotopic (exact) mass is 285 g/mol. The van der Waals surface area contributed by atoms with E-state index in [1.165, 1.54) is 11.1 Å². The molecule has 0 amide bonds. The zero-order valence-electron chi connectivity index (χ0n) is 12.7. The zero-order valence-corrected chi connectivity index (χ0v) is 12.7. The van der Waals surface area contributed by atoms with E-state index in [-0.39, 0.29) is 12.5 Å². The molecule has 2 aromatic rings. The van der Waals surface area contributed by atoms with Crippen LogP contribution >= 0.6 is 0 Å². The minimum Gasteiger partial charge on any atom is -0.396 e. The van der Waals surface area contributed by atoms with E-state index in [1.807, 2.05) is 12.1 Å². The molecule has 2 unspecified atom stereocenters. The van der Waals surface area contributed by atoms with Gasteiger partial charge in [0.2, 0.25) is 5.95 Å². The molecular formula is C17H23N3O. The topological polar surface area (TPSA) is 72.0 Å². The number of nitrogens with zero attached hydrogens (tertiary/aromatic N) is 2. The fraction of sp³-hybridized carbons (Fsp3) is 0.412. The molecule has 0 aliphatic rings. The van der Waals surface area contributed by atoms with E-state index < -0.39 is 0 Å². The van der Waals surface area contributed by atoms with E-state index in [2.05, 4.69) is 42.0 Å². The Bertz CT molecular complexity index is 586. The Morgan fingerprint density at radius 2 is 2.00 bits per heavy atom. The van der Waals surface area contributed by atoms with Gasteiger partial charge in [0.15, 0.2) is 0 Å². The second-order valence-electron chi connectivity index (χ2n) is 5.69. The third-order valence-corrected chi connectivity index (χ3v) is 3.81. The number of nitrogens with two attached hydrogens (primary N) is 1. The van der Waals surface area contributed by atoms with Crippen LogP contribution in [-0.2, 0) is 6.42 Å². The first kappa shape index (κ1) is 15.4. The number of hydrogen-bond acceptors (Lipinski definition) is 4. The van der Waals surface area contributed by atoms with Gasteiger partial charge in [-0.05, 0) is 48.8 Å². The van der Waals surface area contributed by atoms with E-state index in [9.17, 15) is 5.11 Å². The van der Waals surface area contributed by atoms with E-state index in [0.717, 1.165) is 18.5 Å². The highest BCUT2D eigenvalue weighted by atomic mass is 16.3. The van der Waals surface area contributed by atoms with Gasteiger partial charge in [-0.2, -0.15) is 0 Å². The first-order chi connectivity index (χ1) is 10.1. The molecule has 4 heteroatoms. The molecule has 1 aromatic heterocycles. The fourth-order valence-electron chi connectivity index (χ4n) is 2.70. The molecule has 1 heterocycles. The summed E-state index contributed by atoms with van der Waals surface area (Å²) in [5.41, 5.74) is 9.20. The van der Waals surface area contributed by atoms with Crippen molar-refractivity contribution in [3.8, 4) is 0 Å². The van der Waals surface area contributed by atoms with Crippen LogP contribution in [0.5, 0.6) is 0 Å². The van der Waals surface area contributed by atoms with Crippen LogP contribution in [-0.4, -0.2) is 21.7 Å². The smallest absolute Gasteiger partial charge is 0.220 e. The predicted molar refractivity (Wildman–Crippen MR) is 84.9 cm³/mol. The molecule has 0 saturated heterocycles. The molecule has 0 aliphatic carbocycles. The molecule has 0 bridgehead atoms. The summed E-state index contributed by atoms with van der Waals surface area (Å²) >= 11 is 0. The molecule has 4 nitrogen and oxygen atoms in total. The number of aliphatic hydroxyl groups is 1. The number of hydrogen-bond donors (Lipinski definition) is 2. The summed E-state index contributed by atoms with van der Waals surface area (Å²) in [7, 11) is 0. The lowest BCUT2D eigenvalue weighted by molar-refractivity contribution is 0.222. The number of aromatic nitrogens is 2. The number of benzene rings is 1. The highest BCUT2D eigenvalue weighted by molar-refractivity contribution is 5.30. The SMILES string of the molecule is Cc1ccccc1C(Cc1ccnc(N)n1)CC(C)CO. The quantitative estimate of drug-likeness (QED) is 0.856. The van der Waals surface area contributed by atoms with Gasteiger partial charge in [0.05, 0.1) is 0 Å². The summed E-state index contributed by atoms with van der Waals surface area (Å²) in [4.78, 5) is 8.25. The number of anilines is 1. The van der Waals surface area contributed by atoms with Gasteiger partial charge in [-0.15, -0.1) is 0 Å². The normalized spacial score (nSPS) is 13.9. The Kier molecular flexibility index (Phi) is 5.28. The average Bonchev–Trinajstić information content (AvgIpc) is 2.47. The minimum atomic E-state index is 0.203. The molecule has 0 aliphatic heterocycles. The zero-order chi connectivity index (χ0) is 15.2. The Morgan fingerprint density at radius 3 is 2.67 bits per heavy atom. The summed E-state index contributed by atoms with van der Waals surface area (Å²) in [6, 6.07) is 10.3. The highest BCUT2D eigenvalue weighted by Crippen LogP contribution is 2.29. The molecule has 0 saturated carbocycles. The van der Waals surface area contributed by atoms with Crippen LogP contribution in [0, 0.1) is 12.8 Å². The van der Waals surface area contributed by atoms with Crippen molar-refractivity contribution in [2.45, 2.75) is 32.6 Å². The van der Waals surface area contributed by atoms with Crippen molar-refractivity contribution < 1.29 is 5.11 Å². The number of rotatable bonds is 6. The van der Waals surface area contributed by atoms with Crippen LogP contribution in [0.1, 0.15) is 36.1 Å². The summed E-state index contributed by atoms with van der Waals surface area (Å²) in [5.74, 6) is 0.891. The van der Waals surface area contributed by atoms with Gasteiger partial charge in [-0.1, -0.05) is 31.2 Å². The van der Waals surface area contributed by atoms with Crippen molar-refractivity contribution in [1.29, 1.82) is 0 Å². The van der Waals surface area contributed by atoms with Crippen molar-refractivity contribution in [3.63, 3.8) is 0 Å². The van der Waals surface area contributed by atoms with E-state index in [1.54, 1.807) is 6.20 Å². The molecule has 0 spiro atoms. The first-order valence-corrected chi connectivity index (χ1v) is 7.34. The van der Waals surface area contributed by atoms with Crippen molar-refractivity contribution in [2.75, 3.05) is 12.3 Å². The Balaban J connectivity index is 2.26. The molecule has 3 N–H and O–H groups in total. The van der Waals surface area contributed by atoms with Gasteiger partial charge < -0.3 is 10.8 Å². The van der Waals surface area contributed by atoms with Crippen molar-refractivity contribution in [1.82, 2.24) is 9.97 Å². The van der Waals surface area contributed by atoms with Crippen molar-refractivity contribution in [3.05, 3.63) is 53.3 Å². The summed E-state index contributed by atoms with van der Waals surface area (Å²) in [6.07, 6.45) is 3.43. The lowest BCUT2D eigenvalue weighted by Gasteiger charge is -2.22. The Morgan fingerprint density at radius 1 is 1.24 bits per heavy atom. The van der Waals surface area contributed by atoms with E-state index in [0.29, 0.717) is 11.9 Å². The second kappa shape index (κ2) is 7.18. The van der Waals surface area contributed by atoms with E-state index >= 15 is 0 Å². The maximum Gasteiger partial charge on any atom is 0.220 e. The Hall–Kier alpha value is -1.94. The van der Waals surface area contributed by atoms with E-state index in [4.69, 9.17) is 5.73 Å². The molecule has 0 fully saturated rings. The predicted octanol–water partition coefficient (Wildman–Crippen LogP) is 2.71. The van der Waals surface area contributed by atoms with Crippen LogP contribution in [0.4, 0.5) is 5.95 Å². The molecule has 112 valence electrons. The van der Waals surface area contributed by atoms with Crippen LogP contribution in [0.25, 0.3) is 0 Å². The largest absolute Gasteiger partial charge is 0.396 e. The number of nitrogen functional groups attached to an aromatic ring is 1. The van der Waals surface area contributed by atoms with Gasteiger partial charge in [0.25, 0.3) is 0 Å². The maximum absolute atomic E-state index is 9.36. The van der Waals surface area contributed by atoms with Crippen molar-refractivity contribution >= 4 is 5.95 Å². The van der Waals surface area contributed by atoms with Gasteiger partial charge in [0.1, 0.15) is 0 Å². The standard InChI is InChI=1S/C17H23N3O/c1-12(11-21)9-14(16-6-4-3-5-13(16)2)10-15-7-8-19-17(18)20-15/h3-8,12,14,21H,9-11H2,1-2H3,(H2,18,19,20). The average molecular weight is 285 g/mol. The Labute approximate surface area is 126 Å². The van der Waals surface area contributed by atoms with Gasteiger partial charge >= 0.3 is 0 Å². The van der Waals surface area contributed by atoms with Crippen molar-refractivity contribution in [2.24, 2.45) is 5.92 Å². The first-order valence-electron chi connectivity index (χ1n) is 7.34. The second-order valence-corrected chi connectivity index (χ2v) is 5.69. The summed E-state index contributed by atoms with van der Waals surface area (Å²) in [5, 5.41) is 9.36. The number of aryl methyl sites for hydroxylation is 1. The molecule has 2 rings (SSSR count). The van der Waals surface area contributed by atoms with Gasteiger partial charge in [0, 0.05) is 18.5 Å². The number of aliphatic hydroxyl groups excluding tert-OH is 1. The third-order valence-electron chi connectivity index (χ3n) is 3.81. The van der Waals surface area contributed by atoms with Crippen LogP contribution in [0.3, 0.4) is 0 Å². The maximum atomic E-state index is 9.36. The highest BCUT2D eigenvalue weighted by Gasteiger charge is 2.18.